The molecular formula is C6H9N3. The molecule has 0 radical (unpaired) electrons. The van der Waals surface area contributed by atoms with E-state index in [0.29, 0.717) is 0 Å². The zero-order valence-electron chi connectivity index (χ0n) is 5.55. The van der Waals surface area contributed by atoms with Crippen LogP contribution in [0.4, 0.5) is 0 Å². The van der Waals surface area contributed by atoms with Gasteiger partial charge < -0.3 is 5.01 Å². The molecule has 1 atom stereocenters. The predicted molar refractivity (Wildman–Crippen MR) is 34.1 cm³/mol. The van der Waals surface area contributed by atoms with E-state index in [4.69, 9.17) is 5.26 Å². The van der Waals surface area contributed by atoms with E-state index in [-0.39, 0.29) is 0 Å². The minimum Gasteiger partial charge on any atom is -0.317 e. The van der Waals surface area contributed by atoms with Crippen molar-refractivity contribution in [2.24, 2.45) is 0 Å². The topological polar surface area (TPSA) is 39.1 Å². The summed E-state index contributed by atoms with van der Waals surface area (Å²) in [6, 6.07) is 2.13. The fraction of sp³-hybridized carbons (Fsp3) is 0.500. The molecule has 0 aromatic heterocycles. The highest BCUT2D eigenvalue weighted by molar-refractivity contribution is 5.20. The number of hydrogen-bond acceptors (Lipinski definition) is 3. The molecule has 0 saturated heterocycles. The van der Waals surface area contributed by atoms with Gasteiger partial charge >= 0.3 is 0 Å². The molecular weight excluding hydrogens is 114 g/mol. The van der Waals surface area contributed by atoms with Crippen LogP contribution in [0.3, 0.4) is 0 Å². The number of nitrogens with one attached hydrogen (secondary N) is 1. The summed E-state index contributed by atoms with van der Waals surface area (Å²) in [7, 11) is 1.86. The summed E-state index contributed by atoms with van der Waals surface area (Å²) < 4.78 is 0. The second kappa shape index (κ2) is 1.74. The maximum absolute atomic E-state index is 8.55. The van der Waals surface area contributed by atoms with Crippen molar-refractivity contribution in [2.75, 3.05) is 7.05 Å². The number of rotatable bonds is 0. The molecule has 9 heavy (non-hydrogen) atoms. The zero-order valence-corrected chi connectivity index (χ0v) is 5.55. The van der Waals surface area contributed by atoms with E-state index < -0.39 is 5.54 Å². The van der Waals surface area contributed by atoms with Crippen LogP contribution in [0.5, 0.6) is 0 Å². The first-order chi connectivity index (χ1) is 4.16. The molecule has 0 bridgehead atoms. The smallest absolute Gasteiger partial charge is 0.140 e. The first-order valence-electron chi connectivity index (χ1n) is 2.77. The molecule has 0 aromatic carbocycles. The summed E-state index contributed by atoms with van der Waals surface area (Å²) >= 11 is 0. The number of hydrazine groups is 1. The fourth-order valence-electron chi connectivity index (χ4n) is 0.764. The van der Waals surface area contributed by atoms with Crippen molar-refractivity contribution in [2.45, 2.75) is 12.5 Å². The minimum absolute atomic E-state index is 0.491. The van der Waals surface area contributed by atoms with Crippen LogP contribution in [-0.2, 0) is 0 Å². The van der Waals surface area contributed by atoms with Crippen LogP contribution in [0.25, 0.3) is 0 Å². The average molecular weight is 123 g/mol. The summed E-state index contributed by atoms with van der Waals surface area (Å²) in [6.07, 6.45) is 3.66. The molecule has 3 heteroatoms. The standard InChI is InChI=1S/C6H9N3/c1-6(5-7)3-4-9(2)8-6/h3-4,8H,1-2H3. The first-order valence-corrected chi connectivity index (χ1v) is 2.77. The first kappa shape index (κ1) is 6.12. The van der Waals surface area contributed by atoms with Gasteiger partial charge in [0.1, 0.15) is 5.54 Å². The monoisotopic (exact) mass is 123 g/mol. The van der Waals surface area contributed by atoms with Gasteiger partial charge in [-0.1, -0.05) is 0 Å². The third-order valence-corrected chi connectivity index (χ3v) is 1.27. The van der Waals surface area contributed by atoms with E-state index >= 15 is 0 Å². The highest BCUT2D eigenvalue weighted by Crippen LogP contribution is 2.10. The third-order valence-electron chi connectivity index (χ3n) is 1.27. The molecule has 1 unspecified atom stereocenters. The van der Waals surface area contributed by atoms with Crippen LogP contribution in [0, 0.1) is 11.3 Å². The van der Waals surface area contributed by atoms with Gasteiger partial charge in [-0.05, 0) is 13.0 Å². The summed E-state index contributed by atoms with van der Waals surface area (Å²) in [5.41, 5.74) is 2.45. The Balaban J connectivity index is 2.71. The molecule has 1 aliphatic rings. The summed E-state index contributed by atoms with van der Waals surface area (Å²) in [4.78, 5) is 0. The van der Waals surface area contributed by atoms with Crippen molar-refractivity contribution < 1.29 is 0 Å². The van der Waals surface area contributed by atoms with Crippen LogP contribution in [-0.4, -0.2) is 17.6 Å². The molecule has 0 spiro atoms. The normalized spacial score (nSPS) is 32.8. The highest BCUT2D eigenvalue weighted by atomic mass is 15.5. The van der Waals surface area contributed by atoms with E-state index in [1.807, 2.05) is 26.2 Å². The van der Waals surface area contributed by atoms with E-state index in [2.05, 4.69) is 11.5 Å². The van der Waals surface area contributed by atoms with Gasteiger partial charge in [-0.2, -0.15) is 5.26 Å². The minimum atomic E-state index is -0.491. The van der Waals surface area contributed by atoms with E-state index in [9.17, 15) is 0 Å². The second-order valence-corrected chi connectivity index (χ2v) is 2.35. The summed E-state index contributed by atoms with van der Waals surface area (Å²) in [6.45, 7) is 1.83. The third kappa shape index (κ3) is 1.03. The van der Waals surface area contributed by atoms with Crippen LogP contribution in [0.15, 0.2) is 12.3 Å². The number of nitrogens with zero attached hydrogens (tertiary/aromatic N) is 2. The molecule has 1 aliphatic heterocycles. The molecule has 0 saturated carbocycles. The molecule has 48 valence electrons. The summed E-state index contributed by atoms with van der Waals surface area (Å²) in [5.74, 6) is 0. The lowest BCUT2D eigenvalue weighted by atomic mass is 10.1. The Morgan fingerprint density at radius 1 is 1.78 bits per heavy atom. The molecule has 0 amide bonds. The average Bonchev–Trinajstić information content (AvgIpc) is 2.13. The maximum Gasteiger partial charge on any atom is 0.140 e. The van der Waals surface area contributed by atoms with Crippen LogP contribution < -0.4 is 5.43 Å². The Bertz CT molecular complexity index is 179. The predicted octanol–water partition coefficient (Wildman–Crippen LogP) is 0.232. The Hall–Kier alpha value is -1.01. The van der Waals surface area contributed by atoms with Crippen molar-refractivity contribution in [3.05, 3.63) is 12.3 Å². The molecule has 1 heterocycles. The number of hydrogen-bond donors (Lipinski definition) is 1. The lowest BCUT2D eigenvalue weighted by Gasteiger charge is -2.16. The summed E-state index contributed by atoms with van der Waals surface area (Å²) in [5, 5.41) is 10.3. The molecule has 0 aliphatic carbocycles. The fourth-order valence-corrected chi connectivity index (χ4v) is 0.764. The van der Waals surface area contributed by atoms with Crippen LogP contribution in [0.1, 0.15) is 6.92 Å². The quantitative estimate of drug-likeness (QED) is 0.501. The van der Waals surface area contributed by atoms with Gasteiger partial charge in [0, 0.05) is 13.2 Å². The van der Waals surface area contributed by atoms with E-state index in [0.717, 1.165) is 0 Å². The van der Waals surface area contributed by atoms with Crippen molar-refractivity contribution in [3.63, 3.8) is 0 Å². The van der Waals surface area contributed by atoms with Crippen LogP contribution in [0.2, 0.25) is 0 Å². The van der Waals surface area contributed by atoms with Gasteiger partial charge in [0.05, 0.1) is 6.07 Å². The van der Waals surface area contributed by atoms with Gasteiger partial charge in [-0.3, -0.25) is 0 Å². The molecule has 3 nitrogen and oxygen atoms in total. The Morgan fingerprint density at radius 3 is 2.67 bits per heavy atom. The van der Waals surface area contributed by atoms with Crippen molar-refractivity contribution in [3.8, 4) is 6.07 Å². The Morgan fingerprint density at radius 2 is 2.44 bits per heavy atom. The second-order valence-electron chi connectivity index (χ2n) is 2.35. The van der Waals surface area contributed by atoms with Gasteiger partial charge in [-0.25, -0.2) is 5.43 Å². The SMILES string of the molecule is CN1C=CC(C)(C#N)N1. The largest absolute Gasteiger partial charge is 0.317 e. The zero-order chi connectivity index (χ0) is 6.91. The van der Waals surface area contributed by atoms with Gasteiger partial charge in [0.15, 0.2) is 0 Å². The van der Waals surface area contributed by atoms with E-state index in [1.54, 1.807) is 5.01 Å². The maximum atomic E-state index is 8.55. The Kier molecular flexibility index (Phi) is 1.19. The molecule has 0 aromatic rings. The van der Waals surface area contributed by atoms with Crippen molar-refractivity contribution in [1.82, 2.24) is 10.4 Å². The van der Waals surface area contributed by atoms with Gasteiger partial charge in [0.2, 0.25) is 0 Å². The van der Waals surface area contributed by atoms with Crippen molar-refractivity contribution >= 4 is 0 Å². The lowest BCUT2D eigenvalue weighted by molar-refractivity contribution is 0.305. The van der Waals surface area contributed by atoms with Gasteiger partial charge in [0.25, 0.3) is 0 Å². The number of nitriles is 1. The Labute approximate surface area is 54.5 Å². The highest BCUT2D eigenvalue weighted by Gasteiger charge is 2.24. The van der Waals surface area contributed by atoms with Crippen molar-refractivity contribution in [1.29, 1.82) is 5.26 Å². The van der Waals surface area contributed by atoms with E-state index in [1.165, 1.54) is 0 Å². The molecule has 1 rings (SSSR count). The lowest BCUT2D eigenvalue weighted by Crippen LogP contribution is -2.41. The molecule has 1 N–H and O–H groups in total. The molecule has 0 fully saturated rings. The van der Waals surface area contributed by atoms with Gasteiger partial charge in [-0.15, -0.1) is 0 Å². The van der Waals surface area contributed by atoms with Crippen LogP contribution >= 0.6 is 0 Å².